The second kappa shape index (κ2) is 6.64. The summed E-state index contributed by atoms with van der Waals surface area (Å²) in [6.07, 6.45) is 4.77. The number of carbonyl (C=O) groups is 2. The summed E-state index contributed by atoms with van der Waals surface area (Å²) in [6, 6.07) is 0.442. The predicted molar refractivity (Wildman–Crippen MR) is 80.3 cm³/mol. The smallest absolute Gasteiger partial charge is 0.329 e. The van der Waals surface area contributed by atoms with E-state index in [4.69, 9.17) is 0 Å². The highest BCUT2D eigenvalue weighted by Crippen LogP contribution is 2.28. The molecule has 1 saturated carbocycles. The minimum atomic E-state index is -1.07. The van der Waals surface area contributed by atoms with Crippen molar-refractivity contribution in [1.29, 1.82) is 0 Å². The van der Waals surface area contributed by atoms with E-state index in [1.165, 1.54) is 17.7 Å². The average Bonchev–Trinajstić information content (AvgIpc) is 3.28. The quantitative estimate of drug-likeness (QED) is 0.779. The van der Waals surface area contributed by atoms with Crippen molar-refractivity contribution in [2.75, 3.05) is 26.2 Å². The first kappa shape index (κ1) is 16.1. The fourth-order valence-electron chi connectivity index (χ4n) is 3.11. The van der Waals surface area contributed by atoms with Crippen LogP contribution in [0.25, 0.3) is 0 Å². The number of urea groups is 1. The van der Waals surface area contributed by atoms with E-state index in [2.05, 4.69) is 17.1 Å². The molecule has 2 aliphatic rings. The number of likely N-dealkylation sites (tertiary alicyclic amines) is 1. The third-order valence-corrected chi connectivity index (χ3v) is 4.74. The topological polar surface area (TPSA) is 72.9 Å². The van der Waals surface area contributed by atoms with E-state index in [0.717, 1.165) is 25.9 Å². The lowest BCUT2D eigenvalue weighted by molar-refractivity contribution is -0.150. The third kappa shape index (κ3) is 3.67. The molecule has 2 fully saturated rings. The van der Waals surface area contributed by atoms with Gasteiger partial charge in [0.15, 0.2) is 0 Å². The maximum absolute atomic E-state index is 12.3. The van der Waals surface area contributed by atoms with Crippen molar-refractivity contribution in [3.63, 3.8) is 0 Å². The summed E-state index contributed by atoms with van der Waals surface area (Å²) in [4.78, 5) is 27.7. The third-order valence-electron chi connectivity index (χ3n) is 4.74. The SMILES string of the molecule is CCN(CCNC(=O)N1CCCCC1(C)C(=O)O)C1CC1. The first-order valence-electron chi connectivity index (χ1n) is 8.02. The van der Waals surface area contributed by atoms with E-state index in [0.29, 0.717) is 25.6 Å². The second-order valence-electron chi connectivity index (χ2n) is 6.28. The molecule has 1 unspecified atom stereocenters. The molecule has 0 aromatic heterocycles. The summed E-state index contributed by atoms with van der Waals surface area (Å²) in [7, 11) is 0. The maximum Gasteiger partial charge on any atom is 0.329 e. The fraction of sp³-hybridized carbons (Fsp3) is 0.867. The molecule has 6 nitrogen and oxygen atoms in total. The molecule has 1 aliphatic heterocycles. The Labute approximate surface area is 126 Å². The van der Waals surface area contributed by atoms with Gasteiger partial charge in [-0.15, -0.1) is 0 Å². The van der Waals surface area contributed by atoms with E-state index in [1.54, 1.807) is 6.92 Å². The Morgan fingerprint density at radius 3 is 2.67 bits per heavy atom. The molecule has 0 bridgehead atoms. The van der Waals surface area contributed by atoms with Crippen molar-refractivity contribution in [2.24, 2.45) is 0 Å². The molecule has 2 rings (SSSR count). The molecular weight excluding hydrogens is 270 g/mol. The molecule has 1 atom stereocenters. The van der Waals surface area contributed by atoms with Gasteiger partial charge in [0.2, 0.25) is 0 Å². The molecule has 1 aliphatic carbocycles. The molecule has 1 saturated heterocycles. The first-order chi connectivity index (χ1) is 9.99. The van der Waals surface area contributed by atoms with Crippen LogP contribution in [0.4, 0.5) is 4.79 Å². The Morgan fingerprint density at radius 2 is 2.10 bits per heavy atom. The van der Waals surface area contributed by atoms with Crippen LogP contribution in [-0.4, -0.2) is 64.7 Å². The standard InChI is InChI=1S/C15H27N3O3/c1-3-17(12-6-7-12)11-9-16-14(21)18-10-5-4-8-15(18,2)13(19)20/h12H,3-11H2,1-2H3,(H,16,21)(H,19,20). The van der Waals surface area contributed by atoms with E-state index in [-0.39, 0.29) is 6.03 Å². The number of hydrogen-bond donors (Lipinski definition) is 2. The highest BCUT2D eigenvalue weighted by Gasteiger charge is 2.43. The van der Waals surface area contributed by atoms with E-state index in [9.17, 15) is 14.7 Å². The summed E-state index contributed by atoms with van der Waals surface area (Å²) in [5, 5.41) is 12.3. The number of nitrogens with one attached hydrogen (secondary N) is 1. The Bertz CT molecular complexity index is 398. The molecule has 0 spiro atoms. The van der Waals surface area contributed by atoms with Crippen molar-refractivity contribution in [1.82, 2.24) is 15.1 Å². The van der Waals surface area contributed by atoms with Gasteiger partial charge in [0.25, 0.3) is 0 Å². The van der Waals surface area contributed by atoms with Crippen LogP contribution in [0.2, 0.25) is 0 Å². The van der Waals surface area contributed by atoms with Crippen LogP contribution in [0.3, 0.4) is 0 Å². The lowest BCUT2D eigenvalue weighted by atomic mass is 9.89. The number of carboxylic acid groups (broad SMARTS) is 1. The van der Waals surface area contributed by atoms with Gasteiger partial charge in [-0.1, -0.05) is 6.92 Å². The first-order valence-corrected chi connectivity index (χ1v) is 8.02. The number of carbonyl (C=O) groups excluding carboxylic acids is 1. The van der Waals surface area contributed by atoms with Gasteiger partial charge in [-0.25, -0.2) is 9.59 Å². The van der Waals surface area contributed by atoms with Crippen LogP contribution in [0.15, 0.2) is 0 Å². The number of piperidine rings is 1. The van der Waals surface area contributed by atoms with Crippen molar-refractivity contribution < 1.29 is 14.7 Å². The van der Waals surface area contributed by atoms with E-state index < -0.39 is 11.5 Å². The molecule has 120 valence electrons. The summed E-state index contributed by atoms with van der Waals surface area (Å²) >= 11 is 0. The Hall–Kier alpha value is -1.30. The number of amides is 2. The zero-order valence-electron chi connectivity index (χ0n) is 13.1. The fourth-order valence-corrected chi connectivity index (χ4v) is 3.11. The van der Waals surface area contributed by atoms with E-state index in [1.807, 2.05) is 0 Å². The molecule has 0 aromatic carbocycles. The summed E-state index contributed by atoms with van der Waals surface area (Å²) in [6.45, 7) is 6.72. The second-order valence-corrected chi connectivity index (χ2v) is 6.28. The average molecular weight is 297 g/mol. The van der Waals surface area contributed by atoms with Crippen molar-refractivity contribution in [3.8, 4) is 0 Å². The van der Waals surface area contributed by atoms with Crippen LogP contribution in [0, 0.1) is 0 Å². The number of hydrogen-bond acceptors (Lipinski definition) is 3. The van der Waals surface area contributed by atoms with Crippen molar-refractivity contribution in [2.45, 2.75) is 57.5 Å². The van der Waals surface area contributed by atoms with Crippen LogP contribution in [0.1, 0.15) is 46.0 Å². The van der Waals surface area contributed by atoms with Gasteiger partial charge in [0.05, 0.1) is 0 Å². The molecule has 2 amide bonds. The number of likely N-dealkylation sites (N-methyl/N-ethyl adjacent to an activating group) is 1. The van der Waals surface area contributed by atoms with Gasteiger partial charge in [0, 0.05) is 25.7 Å². The summed E-state index contributed by atoms with van der Waals surface area (Å²) in [5.74, 6) is -0.912. The van der Waals surface area contributed by atoms with Crippen molar-refractivity contribution in [3.05, 3.63) is 0 Å². The molecular formula is C15H27N3O3. The van der Waals surface area contributed by atoms with Crippen LogP contribution in [0.5, 0.6) is 0 Å². The Balaban J connectivity index is 1.84. The lowest BCUT2D eigenvalue weighted by Crippen LogP contribution is -2.60. The van der Waals surface area contributed by atoms with E-state index >= 15 is 0 Å². The number of carboxylic acids is 1. The molecule has 1 heterocycles. The molecule has 21 heavy (non-hydrogen) atoms. The van der Waals surface area contributed by atoms with Gasteiger partial charge < -0.3 is 15.3 Å². The van der Waals surface area contributed by atoms with Gasteiger partial charge in [-0.3, -0.25) is 4.90 Å². The Kier molecular flexibility index (Phi) is 5.08. The zero-order chi connectivity index (χ0) is 15.5. The number of aliphatic carboxylic acids is 1. The van der Waals surface area contributed by atoms with Gasteiger partial charge in [-0.2, -0.15) is 0 Å². The predicted octanol–water partition coefficient (Wildman–Crippen LogP) is 1.51. The maximum atomic E-state index is 12.3. The minimum Gasteiger partial charge on any atom is -0.480 e. The highest BCUT2D eigenvalue weighted by molar-refractivity contribution is 5.86. The molecule has 0 radical (unpaired) electrons. The van der Waals surface area contributed by atoms with Crippen LogP contribution >= 0.6 is 0 Å². The monoisotopic (exact) mass is 297 g/mol. The minimum absolute atomic E-state index is 0.244. The molecule has 0 aromatic rings. The van der Waals surface area contributed by atoms with Gasteiger partial charge in [-0.05, 0) is 45.6 Å². The van der Waals surface area contributed by atoms with Crippen LogP contribution < -0.4 is 5.32 Å². The molecule has 6 heteroatoms. The van der Waals surface area contributed by atoms with Crippen molar-refractivity contribution >= 4 is 12.0 Å². The summed E-state index contributed by atoms with van der Waals surface area (Å²) in [5.41, 5.74) is -1.07. The number of nitrogens with zero attached hydrogens (tertiary/aromatic N) is 2. The van der Waals surface area contributed by atoms with Gasteiger partial charge >= 0.3 is 12.0 Å². The normalized spacial score (nSPS) is 26.0. The zero-order valence-corrected chi connectivity index (χ0v) is 13.1. The molecule has 2 N–H and O–H groups in total. The number of rotatable bonds is 6. The summed E-state index contributed by atoms with van der Waals surface area (Å²) < 4.78 is 0. The largest absolute Gasteiger partial charge is 0.480 e. The highest BCUT2D eigenvalue weighted by atomic mass is 16.4. The van der Waals surface area contributed by atoms with Gasteiger partial charge in [0.1, 0.15) is 5.54 Å². The lowest BCUT2D eigenvalue weighted by Gasteiger charge is -2.41. The van der Waals surface area contributed by atoms with Crippen LogP contribution in [-0.2, 0) is 4.79 Å². The Morgan fingerprint density at radius 1 is 1.38 bits per heavy atom.